The monoisotopic (exact) mass is 331 g/mol. The number of rotatable bonds is 0. The molecule has 15 heavy (non-hydrogen) atoms. The second-order valence-electron chi connectivity index (χ2n) is 3.30. The van der Waals surface area contributed by atoms with E-state index in [9.17, 15) is 0 Å². The SMILES string of the molecule is BrC1CCC1.N#Cc1cc(O)ccc1Br. The molecule has 1 saturated carbocycles. The van der Waals surface area contributed by atoms with Gasteiger partial charge in [-0.1, -0.05) is 22.4 Å². The Kier molecular flexibility index (Phi) is 5.13. The van der Waals surface area contributed by atoms with Crippen LogP contribution in [0, 0.1) is 11.3 Å². The van der Waals surface area contributed by atoms with Crippen molar-refractivity contribution in [1.29, 1.82) is 5.26 Å². The minimum Gasteiger partial charge on any atom is -0.508 e. The van der Waals surface area contributed by atoms with Gasteiger partial charge < -0.3 is 5.11 Å². The van der Waals surface area contributed by atoms with Crippen molar-refractivity contribution in [3.8, 4) is 11.8 Å². The Morgan fingerprint density at radius 2 is 2.00 bits per heavy atom. The van der Waals surface area contributed by atoms with Gasteiger partial charge in [-0.25, -0.2) is 0 Å². The lowest BCUT2D eigenvalue weighted by atomic mass is 10.0. The Morgan fingerprint density at radius 1 is 1.40 bits per heavy atom. The largest absolute Gasteiger partial charge is 0.508 e. The highest BCUT2D eigenvalue weighted by molar-refractivity contribution is 9.10. The van der Waals surface area contributed by atoms with E-state index in [1.54, 1.807) is 6.07 Å². The second-order valence-corrected chi connectivity index (χ2v) is 5.45. The van der Waals surface area contributed by atoms with Crippen LogP contribution in [0.5, 0.6) is 5.75 Å². The lowest BCUT2D eigenvalue weighted by Crippen LogP contribution is -2.07. The first-order valence-electron chi connectivity index (χ1n) is 4.66. The van der Waals surface area contributed by atoms with E-state index in [1.807, 2.05) is 6.07 Å². The number of aromatic hydroxyl groups is 1. The zero-order chi connectivity index (χ0) is 11.3. The van der Waals surface area contributed by atoms with Crippen LogP contribution >= 0.6 is 31.9 Å². The molecule has 0 aliphatic heterocycles. The molecule has 2 rings (SSSR count). The highest BCUT2D eigenvalue weighted by Gasteiger charge is 2.11. The van der Waals surface area contributed by atoms with Crippen LogP contribution in [0.2, 0.25) is 0 Å². The number of phenolic OH excluding ortho intramolecular Hbond substituents is 1. The molecule has 1 aliphatic carbocycles. The van der Waals surface area contributed by atoms with Crippen molar-refractivity contribution < 1.29 is 5.11 Å². The van der Waals surface area contributed by atoms with Gasteiger partial charge in [0.25, 0.3) is 0 Å². The van der Waals surface area contributed by atoms with Crippen molar-refractivity contribution in [3.63, 3.8) is 0 Å². The third-order valence-electron chi connectivity index (χ3n) is 2.11. The van der Waals surface area contributed by atoms with Crippen molar-refractivity contribution in [1.82, 2.24) is 0 Å². The first-order valence-corrected chi connectivity index (χ1v) is 6.37. The molecule has 2 nitrogen and oxygen atoms in total. The van der Waals surface area contributed by atoms with E-state index in [-0.39, 0.29) is 5.75 Å². The quantitative estimate of drug-likeness (QED) is 0.731. The molecule has 0 saturated heterocycles. The predicted octanol–water partition coefficient (Wildman–Crippen LogP) is 3.96. The molecule has 0 atom stereocenters. The molecule has 1 aromatic rings. The number of alkyl halides is 1. The van der Waals surface area contributed by atoms with E-state index in [4.69, 9.17) is 10.4 Å². The molecule has 4 heteroatoms. The summed E-state index contributed by atoms with van der Waals surface area (Å²) < 4.78 is 0.702. The number of hydrogen-bond acceptors (Lipinski definition) is 2. The minimum absolute atomic E-state index is 0.111. The molecule has 1 aromatic carbocycles. The highest BCUT2D eigenvalue weighted by atomic mass is 79.9. The molecular formula is C11H11Br2NO. The van der Waals surface area contributed by atoms with Gasteiger partial charge in [0.15, 0.2) is 0 Å². The van der Waals surface area contributed by atoms with Crippen LogP contribution in [-0.4, -0.2) is 9.93 Å². The van der Waals surface area contributed by atoms with Gasteiger partial charge in [-0.05, 0) is 47.0 Å². The fourth-order valence-electron chi connectivity index (χ4n) is 0.957. The summed E-state index contributed by atoms with van der Waals surface area (Å²) in [6.45, 7) is 0. The Balaban J connectivity index is 0.000000187. The number of phenols is 1. The summed E-state index contributed by atoms with van der Waals surface area (Å²) in [5.74, 6) is 0.111. The zero-order valence-corrected chi connectivity index (χ0v) is 11.3. The molecule has 0 spiro atoms. The lowest BCUT2D eigenvalue weighted by molar-refractivity contribution is 0.475. The molecule has 80 valence electrons. The first kappa shape index (κ1) is 12.5. The molecule has 0 heterocycles. The van der Waals surface area contributed by atoms with E-state index in [0.29, 0.717) is 10.0 Å². The lowest BCUT2D eigenvalue weighted by Gasteiger charge is -2.16. The number of nitrogens with zero attached hydrogens (tertiary/aromatic N) is 1. The molecule has 0 radical (unpaired) electrons. The smallest absolute Gasteiger partial charge is 0.116 e. The van der Waals surface area contributed by atoms with Gasteiger partial charge in [-0.3, -0.25) is 0 Å². The molecule has 0 aromatic heterocycles. The van der Waals surface area contributed by atoms with Crippen LogP contribution in [-0.2, 0) is 0 Å². The summed E-state index contributed by atoms with van der Waals surface area (Å²) in [7, 11) is 0. The zero-order valence-electron chi connectivity index (χ0n) is 8.08. The van der Waals surface area contributed by atoms with Crippen LogP contribution in [0.25, 0.3) is 0 Å². The average Bonchev–Trinajstić information content (AvgIpc) is 2.19. The number of benzene rings is 1. The molecule has 1 N–H and O–H groups in total. The maximum atomic E-state index is 8.90. The van der Waals surface area contributed by atoms with E-state index in [1.165, 1.54) is 31.4 Å². The summed E-state index contributed by atoms with van der Waals surface area (Å²) in [4.78, 5) is 0.877. The molecule has 0 bridgehead atoms. The normalized spacial score (nSPS) is 14.5. The topological polar surface area (TPSA) is 44.0 Å². The van der Waals surface area contributed by atoms with Crippen molar-refractivity contribution in [3.05, 3.63) is 28.2 Å². The predicted molar refractivity (Wildman–Crippen MR) is 67.1 cm³/mol. The van der Waals surface area contributed by atoms with E-state index in [2.05, 4.69) is 31.9 Å². The third kappa shape index (κ3) is 4.23. The van der Waals surface area contributed by atoms with E-state index in [0.717, 1.165) is 4.83 Å². The Bertz CT molecular complexity index is 369. The maximum Gasteiger partial charge on any atom is 0.116 e. The Morgan fingerprint density at radius 3 is 2.33 bits per heavy atom. The maximum absolute atomic E-state index is 8.90. The standard InChI is InChI=1S/C7H4BrNO.C4H7Br/c8-7-2-1-6(10)3-5(7)4-9;5-4-2-1-3-4/h1-3,10H;4H,1-3H2. The first-order chi connectivity index (χ1) is 7.13. The molecule has 1 fully saturated rings. The minimum atomic E-state index is 0.111. The highest BCUT2D eigenvalue weighted by Crippen LogP contribution is 2.25. The van der Waals surface area contributed by atoms with Gasteiger partial charge in [0.05, 0.1) is 5.56 Å². The number of halogens is 2. The second kappa shape index (κ2) is 6.14. The van der Waals surface area contributed by atoms with Crippen LogP contribution < -0.4 is 0 Å². The van der Waals surface area contributed by atoms with Gasteiger partial charge >= 0.3 is 0 Å². The summed E-state index contributed by atoms with van der Waals surface area (Å²) in [5, 5.41) is 17.3. The number of hydrogen-bond donors (Lipinski definition) is 1. The van der Waals surface area contributed by atoms with Gasteiger partial charge in [0, 0.05) is 9.30 Å². The van der Waals surface area contributed by atoms with Crippen LogP contribution in [0.15, 0.2) is 22.7 Å². The molecule has 1 aliphatic rings. The third-order valence-corrected chi connectivity index (χ3v) is 3.71. The average molecular weight is 333 g/mol. The van der Waals surface area contributed by atoms with Crippen molar-refractivity contribution >= 4 is 31.9 Å². The fourth-order valence-corrected chi connectivity index (χ4v) is 1.94. The van der Waals surface area contributed by atoms with E-state index < -0.39 is 0 Å². The van der Waals surface area contributed by atoms with E-state index >= 15 is 0 Å². The molecular weight excluding hydrogens is 322 g/mol. The van der Waals surface area contributed by atoms with Crippen molar-refractivity contribution in [2.75, 3.05) is 0 Å². The van der Waals surface area contributed by atoms with Crippen LogP contribution in [0.4, 0.5) is 0 Å². The van der Waals surface area contributed by atoms with Crippen molar-refractivity contribution in [2.24, 2.45) is 0 Å². The Labute approximate surface area is 106 Å². The number of nitriles is 1. The summed E-state index contributed by atoms with van der Waals surface area (Å²) in [5.41, 5.74) is 0.444. The summed E-state index contributed by atoms with van der Waals surface area (Å²) >= 11 is 6.62. The summed E-state index contributed by atoms with van der Waals surface area (Å²) in [6, 6.07) is 6.49. The van der Waals surface area contributed by atoms with Gasteiger partial charge in [0.2, 0.25) is 0 Å². The summed E-state index contributed by atoms with van der Waals surface area (Å²) in [6.07, 6.45) is 4.25. The Hall–Kier alpha value is -0.530. The molecule has 0 amide bonds. The van der Waals surface area contributed by atoms with Gasteiger partial charge in [-0.15, -0.1) is 0 Å². The molecule has 0 unspecified atom stereocenters. The van der Waals surface area contributed by atoms with Crippen LogP contribution in [0.1, 0.15) is 24.8 Å². The fraction of sp³-hybridized carbons (Fsp3) is 0.364. The van der Waals surface area contributed by atoms with Gasteiger partial charge in [0.1, 0.15) is 11.8 Å². The van der Waals surface area contributed by atoms with Gasteiger partial charge in [-0.2, -0.15) is 5.26 Å². The van der Waals surface area contributed by atoms with Crippen molar-refractivity contribution in [2.45, 2.75) is 24.1 Å². The van der Waals surface area contributed by atoms with Crippen LogP contribution in [0.3, 0.4) is 0 Å².